The fraction of sp³-hybridized carbons (Fsp3) is 0.133. The summed E-state index contributed by atoms with van der Waals surface area (Å²) in [6.07, 6.45) is 3.54. The molecular weight excluding hydrogens is 316 g/mol. The number of amidine groups is 1. The Kier molecular flexibility index (Phi) is 3.96. The first-order valence-corrected chi connectivity index (χ1v) is 9.09. The van der Waals surface area contributed by atoms with Gasteiger partial charge < -0.3 is 5.73 Å². The van der Waals surface area contributed by atoms with E-state index >= 15 is 0 Å². The predicted octanol–water partition coefficient (Wildman–Crippen LogP) is 2.10. The summed E-state index contributed by atoms with van der Waals surface area (Å²) in [6, 6.07) is 8.01. The molecule has 0 radical (unpaired) electrons. The molecule has 1 aliphatic rings. The maximum atomic E-state index is 11.3. The highest BCUT2D eigenvalue weighted by Gasteiger charge is 2.16. The van der Waals surface area contributed by atoms with Crippen LogP contribution in [-0.4, -0.2) is 33.4 Å². The van der Waals surface area contributed by atoms with Crippen molar-refractivity contribution in [3.05, 3.63) is 35.5 Å². The number of benzene rings is 1. The molecule has 0 bridgehead atoms. The Bertz CT molecular complexity index is 896. The van der Waals surface area contributed by atoms with Gasteiger partial charge >= 0.3 is 0 Å². The lowest BCUT2D eigenvalue weighted by Gasteiger charge is -2.07. The number of nitriles is 1. The van der Waals surface area contributed by atoms with E-state index in [9.17, 15) is 10.1 Å². The summed E-state index contributed by atoms with van der Waals surface area (Å²) in [4.78, 5) is 20.3. The van der Waals surface area contributed by atoms with Crippen LogP contribution in [0.4, 0.5) is 0 Å². The van der Waals surface area contributed by atoms with E-state index in [1.807, 2.05) is 29.8 Å². The fourth-order valence-electron chi connectivity index (χ4n) is 2.25. The van der Waals surface area contributed by atoms with Gasteiger partial charge in [0.05, 0.1) is 16.8 Å². The van der Waals surface area contributed by atoms with E-state index in [0.29, 0.717) is 16.5 Å². The van der Waals surface area contributed by atoms with Crippen molar-refractivity contribution in [2.24, 2.45) is 10.7 Å². The lowest BCUT2D eigenvalue weighted by atomic mass is 10.1. The van der Waals surface area contributed by atoms with Gasteiger partial charge in [0.25, 0.3) is 5.91 Å². The highest BCUT2D eigenvalue weighted by atomic mass is 32.2. The topological polar surface area (TPSA) is 92.1 Å². The Balaban J connectivity index is 2.14. The molecule has 22 heavy (non-hydrogen) atoms. The van der Waals surface area contributed by atoms with Crippen molar-refractivity contribution >= 4 is 49.6 Å². The van der Waals surface area contributed by atoms with Crippen LogP contribution in [0.25, 0.3) is 10.9 Å². The number of amides is 1. The van der Waals surface area contributed by atoms with Crippen molar-refractivity contribution in [1.82, 2.24) is 4.98 Å². The summed E-state index contributed by atoms with van der Waals surface area (Å²) in [5, 5.41) is 12.5. The van der Waals surface area contributed by atoms with E-state index in [-0.39, 0.29) is 5.91 Å². The number of pyridine rings is 1. The van der Waals surface area contributed by atoms with Crippen LogP contribution in [0.1, 0.15) is 11.1 Å². The van der Waals surface area contributed by atoms with Crippen molar-refractivity contribution in [2.75, 3.05) is 12.0 Å². The first-order valence-electron chi connectivity index (χ1n) is 6.41. The molecule has 0 saturated heterocycles. The van der Waals surface area contributed by atoms with Gasteiger partial charge in [0, 0.05) is 16.5 Å². The molecule has 0 fully saturated rings. The first kappa shape index (κ1) is 14.8. The Morgan fingerprint density at radius 3 is 2.95 bits per heavy atom. The zero-order chi connectivity index (χ0) is 15.7. The molecule has 3 rings (SSSR count). The van der Waals surface area contributed by atoms with Crippen LogP contribution in [0.15, 0.2) is 34.3 Å². The highest BCUT2D eigenvalue weighted by Crippen LogP contribution is 2.29. The second kappa shape index (κ2) is 5.91. The van der Waals surface area contributed by atoms with Crippen molar-refractivity contribution < 1.29 is 4.79 Å². The van der Waals surface area contributed by atoms with Gasteiger partial charge in [-0.15, -0.1) is 22.2 Å². The van der Waals surface area contributed by atoms with E-state index in [4.69, 9.17) is 5.73 Å². The number of hydrogen-bond acceptors (Lipinski definition) is 5. The molecule has 0 saturated carbocycles. The van der Waals surface area contributed by atoms with E-state index in [0.717, 1.165) is 21.4 Å². The molecule has 1 atom stereocenters. The number of fused-ring (bicyclic) bond motifs is 1. The van der Waals surface area contributed by atoms with Crippen LogP contribution in [0.5, 0.6) is 0 Å². The Labute approximate surface area is 134 Å². The van der Waals surface area contributed by atoms with Crippen molar-refractivity contribution in [2.45, 2.75) is 4.90 Å². The summed E-state index contributed by atoms with van der Waals surface area (Å²) in [5.74, 6) is 0.173. The molecule has 1 unspecified atom stereocenters. The minimum Gasteiger partial charge on any atom is -0.379 e. The first-order chi connectivity index (χ1) is 10.6. The number of carbonyl (C=O) groups is 1. The zero-order valence-electron chi connectivity index (χ0n) is 11.7. The molecule has 110 valence electrons. The summed E-state index contributed by atoms with van der Waals surface area (Å²) in [5.41, 5.74) is 8.14. The molecule has 0 spiro atoms. The van der Waals surface area contributed by atoms with Crippen molar-refractivity contribution in [1.29, 1.82) is 5.26 Å². The fourth-order valence-corrected chi connectivity index (χ4v) is 4.32. The lowest BCUT2D eigenvalue weighted by Crippen LogP contribution is -2.06. The minimum absolute atomic E-state index is 0.170. The van der Waals surface area contributed by atoms with E-state index in [1.165, 1.54) is 11.8 Å². The summed E-state index contributed by atoms with van der Waals surface area (Å²) in [7, 11) is -0.451. The monoisotopic (exact) mass is 328 g/mol. The number of nitrogens with zero attached hydrogens (tertiary/aromatic N) is 3. The number of thioether (sulfide) groups is 1. The smallest absolute Gasteiger partial charge is 0.258 e. The number of aliphatic imine (C=N–C) groups is 1. The average Bonchev–Trinajstić information content (AvgIpc) is 2.83. The van der Waals surface area contributed by atoms with Crippen LogP contribution in [0, 0.1) is 11.3 Å². The molecule has 2 heterocycles. The number of rotatable bonds is 2. The molecule has 2 N–H and O–H groups in total. The Morgan fingerprint density at radius 1 is 1.50 bits per heavy atom. The Hall–Kier alpha value is -2.17. The third-order valence-corrected chi connectivity index (χ3v) is 5.82. The number of carbonyl (C=O) groups excluding carboxylic acids is 1. The van der Waals surface area contributed by atoms with E-state index < -0.39 is 10.5 Å². The largest absolute Gasteiger partial charge is 0.379 e. The van der Waals surface area contributed by atoms with Gasteiger partial charge in [-0.2, -0.15) is 10.3 Å². The van der Waals surface area contributed by atoms with Crippen LogP contribution in [0.3, 0.4) is 0 Å². The normalized spacial score (nSPS) is 17.7. The molecule has 1 aromatic carbocycles. The molecule has 0 aliphatic carbocycles. The SMILES string of the molecule is CSc1c(C#N)cnc2ccc(C=S3CC(=O)N=C3N)cc12. The molecule has 1 amide bonds. The maximum Gasteiger partial charge on any atom is 0.258 e. The van der Waals surface area contributed by atoms with Crippen LogP contribution < -0.4 is 5.73 Å². The summed E-state index contributed by atoms with van der Waals surface area (Å²) in [6.45, 7) is 0. The van der Waals surface area contributed by atoms with Gasteiger partial charge in [0.1, 0.15) is 6.07 Å². The van der Waals surface area contributed by atoms with Gasteiger partial charge in [-0.3, -0.25) is 9.78 Å². The minimum atomic E-state index is -0.451. The predicted molar refractivity (Wildman–Crippen MR) is 92.5 cm³/mol. The van der Waals surface area contributed by atoms with Crippen molar-refractivity contribution in [3.63, 3.8) is 0 Å². The highest BCUT2D eigenvalue weighted by molar-refractivity contribution is 8.28. The summed E-state index contributed by atoms with van der Waals surface area (Å²) >= 11 is 1.53. The molecular formula is C15H12N4OS2. The van der Waals surface area contributed by atoms with Gasteiger partial charge in [-0.1, -0.05) is 6.07 Å². The molecule has 1 aliphatic heterocycles. The third kappa shape index (κ3) is 2.63. The van der Waals surface area contributed by atoms with Gasteiger partial charge in [-0.25, -0.2) is 0 Å². The summed E-state index contributed by atoms with van der Waals surface area (Å²) < 4.78 is 0. The molecule has 2 aromatic rings. The van der Waals surface area contributed by atoms with Gasteiger partial charge in [-0.05, 0) is 29.3 Å². The Morgan fingerprint density at radius 2 is 2.32 bits per heavy atom. The van der Waals surface area contributed by atoms with Gasteiger partial charge in [0.2, 0.25) is 0 Å². The molecule has 1 aromatic heterocycles. The standard InChI is InChI=1S/C15H12N4OS2/c1-21-14-10(5-16)6-18-12-3-2-9(4-11(12)14)7-22-8-13(20)19-15(22)17/h2-4,6-7H,8H2,1H3,(H2,17,19,20). The molecule has 7 heteroatoms. The van der Waals surface area contributed by atoms with Crippen molar-refractivity contribution in [3.8, 4) is 6.07 Å². The second-order valence-corrected chi connectivity index (χ2v) is 7.25. The van der Waals surface area contributed by atoms with Crippen LogP contribution >= 0.6 is 22.2 Å². The quantitative estimate of drug-likeness (QED) is 0.673. The average molecular weight is 328 g/mol. The van der Waals surface area contributed by atoms with Crippen LogP contribution in [-0.2, 0) is 4.79 Å². The van der Waals surface area contributed by atoms with Gasteiger partial charge in [0.15, 0.2) is 5.17 Å². The number of nitrogens with two attached hydrogens (primary N) is 1. The van der Waals surface area contributed by atoms with E-state index in [2.05, 4.69) is 16.0 Å². The lowest BCUT2D eigenvalue weighted by molar-refractivity contribution is -0.115. The molecule has 5 nitrogen and oxygen atoms in total. The zero-order valence-corrected chi connectivity index (χ0v) is 13.4. The van der Waals surface area contributed by atoms with E-state index in [1.54, 1.807) is 6.20 Å². The van der Waals surface area contributed by atoms with Crippen LogP contribution in [0.2, 0.25) is 0 Å². The number of hydrogen-bond donors (Lipinski definition) is 1. The second-order valence-electron chi connectivity index (χ2n) is 4.63. The third-order valence-electron chi connectivity index (χ3n) is 3.23. The number of aromatic nitrogens is 1. The maximum absolute atomic E-state index is 11.3.